The largest absolute Gasteiger partial charge is 0.483 e. The highest BCUT2D eigenvalue weighted by Crippen LogP contribution is 2.25. The summed E-state index contributed by atoms with van der Waals surface area (Å²) in [6.45, 7) is 8.75. The molecule has 1 fully saturated rings. The number of hydrogen-bond acceptors (Lipinski definition) is 5. The maximum Gasteiger partial charge on any atom is 0.261 e. The molecular formula is C27H31N3O4S. The summed E-state index contributed by atoms with van der Waals surface area (Å²) in [4.78, 5) is 17.0. The maximum atomic E-state index is 12.8. The van der Waals surface area contributed by atoms with Crippen LogP contribution in [-0.2, 0) is 14.8 Å². The van der Waals surface area contributed by atoms with Gasteiger partial charge in [0.15, 0.2) is 6.61 Å². The van der Waals surface area contributed by atoms with Gasteiger partial charge < -0.3 is 14.5 Å². The molecule has 3 aromatic carbocycles. The van der Waals surface area contributed by atoms with Crippen molar-refractivity contribution in [2.75, 3.05) is 42.4 Å². The number of aryl methyl sites for hydroxylation is 2. The predicted octanol–water partition coefficient (Wildman–Crippen LogP) is 4.14. The lowest BCUT2D eigenvalue weighted by Crippen LogP contribution is -2.50. The number of nitrogens with zero attached hydrogens (tertiary/aromatic N) is 2. The standard InChI is InChI=1S/C27H31N3O4S/c1-20-8-7-11-25(22(20)3)29-14-16-30(17-15-29)27(31)19-34-26-13-12-24(18-21(26)2)35(32,33)28-23-9-5-4-6-10-23/h4-13,18,28H,14-17,19H2,1-3H3. The Bertz CT molecular complexity index is 1300. The Kier molecular flexibility index (Phi) is 7.31. The number of nitrogens with one attached hydrogen (secondary N) is 1. The molecule has 1 saturated heterocycles. The van der Waals surface area contributed by atoms with Crippen molar-refractivity contribution < 1.29 is 17.9 Å². The number of benzene rings is 3. The molecule has 1 aliphatic heterocycles. The van der Waals surface area contributed by atoms with E-state index in [2.05, 4.69) is 41.7 Å². The molecular weight excluding hydrogens is 462 g/mol. The highest BCUT2D eigenvalue weighted by Gasteiger charge is 2.23. The van der Waals surface area contributed by atoms with Gasteiger partial charge in [0.1, 0.15) is 5.75 Å². The van der Waals surface area contributed by atoms with Gasteiger partial charge in [-0.05, 0) is 73.9 Å². The third-order valence-corrected chi connectivity index (χ3v) is 7.76. The van der Waals surface area contributed by atoms with Crippen molar-refractivity contribution >= 4 is 27.3 Å². The summed E-state index contributed by atoms with van der Waals surface area (Å²) >= 11 is 0. The average Bonchev–Trinajstić information content (AvgIpc) is 2.85. The fraction of sp³-hybridized carbons (Fsp3) is 0.296. The van der Waals surface area contributed by atoms with Crippen LogP contribution < -0.4 is 14.4 Å². The fourth-order valence-electron chi connectivity index (χ4n) is 4.18. The zero-order valence-electron chi connectivity index (χ0n) is 20.3. The van der Waals surface area contributed by atoms with Crippen LogP contribution in [0, 0.1) is 20.8 Å². The Balaban J connectivity index is 1.32. The van der Waals surface area contributed by atoms with Crippen LogP contribution in [0.2, 0.25) is 0 Å². The molecule has 184 valence electrons. The van der Waals surface area contributed by atoms with E-state index in [1.165, 1.54) is 22.9 Å². The SMILES string of the molecule is Cc1cc(S(=O)(=O)Nc2ccccc2)ccc1OCC(=O)N1CCN(c2cccc(C)c2C)CC1. The minimum absolute atomic E-state index is 0.0764. The molecule has 8 heteroatoms. The first kappa shape index (κ1) is 24.6. The molecule has 7 nitrogen and oxygen atoms in total. The number of piperazine rings is 1. The van der Waals surface area contributed by atoms with Crippen LogP contribution in [0.3, 0.4) is 0 Å². The molecule has 0 saturated carbocycles. The highest BCUT2D eigenvalue weighted by molar-refractivity contribution is 7.92. The van der Waals surface area contributed by atoms with Gasteiger partial charge in [0.25, 0.3) is 15.9 Å². The molecule has 4 rings (SSSR count). The van der Waals surface area contributed by atoms with E-state index in [-0.39, 0.29) is 17.4 Å². The summed E-state index contributed by atoms with van der Waals surface area (Å²) < 4.78 is 33.7. The predicted molar refractivity (Wildman–Crippen MR) is 139 cm³/mol. The first-order valence-corrected chi connectivity index (χ1v) is 13.1. The molecule has 0 aliphatic carbocycles. The number of rotatable bonds is 7. The summed E-state index contributed by atoms with van der Waals surface area (Å²) in [6.07, 6.45) is 0. The number of anilines is 2. The third-order valence-electron chi connectivity index (χ3n) is 6.38. The van der Waals surface area contributed by atoms with Gasteiger partial charge in [0.2, 0.25) is 0 Å². The number of ether oxygens (including phenoxy) is 1. The summed E-state index contributed by atoms with van der Waals surface area (Å²) in [7, 11) is -3.72. The second-order valence-electron chi connectivity index (χ2n) is 8.77. The fourth-order valence-corrected chi connectivity index (χ4v) is 5.32. The van der Waals surface area contributed by atoms with Gasteiger partial charge >= 0.3 is 0 Å². The highest BCUT2D eigenvalue weighted by atomic mass is 32.2. The van der Waals surface area contributed by atoms with E-state index in [1.807, 2.05) is 11.0 Å². The Morgan fingerprint density at radius 2 is 1.60 bits per heavy atom. The topological polar surface area (TPSA) is 78.9 Å². The Morgan fingerprint density at radius 3 is 2.29 bits per heavy atom. The Labute approximate surface area is 207 Å². The molecule has 0 atom stereocenters. The Morgan fingerprint density at radius 1 is 0.886 bits per heavy atom. The first-order valence-electron chi connectivity index (χ1n) is 11.6. The van der Waals surface area contributed by atoms with Crippen molar-refractivity contribution in [3.05, 3.63) is 83.4 Å². The number of carbonyl (C=O) groups excluding carboxylic acids is 1. The lowest BCUT2D eigenvalue weighted by molar-refractivity contribution is -0.133. The summed E-state index contributed by atoms with van der Waals surface area (Å²) in [5, 5.41) is 0. The molecule has 0 radical (unpaired) electrons. The van der Waals surface area contributed by atoms with Crippen LogP contribution in [0.1, 0.15) is 16.7 Å². The minimum Gasteiger partial charge on any atom is -0.483 e. The van der Waals surface area contributed by atoms with Crippen LogP contribution >= 0.6 is 0 Å². The van der Waals surface area contributed by atoms with E-state index in [1.54, 1.807) is 43.3 Å². The van der Waals surface area contributed by atoms with E-state index in [0.29, 0.717) is 30.1 Å². The Hall–Kier alpha value is -3.52. The zero-order chi connectivity index (χ0) is 25.0. The molecule has 1 N–H and O–H groups in total. The molecule has 1 amide bonds. The molecule has 1 aliphatic rings. The van der Waals surface area contributed by atoms with Crippen LogP contribution in [0.15, 0.2) is 71.6 Å². The van der Waals surface area contributed by atoms with Crippen LogP contribution in [0.5, 0.6) is 5.75 Å². The lowest BCUT2D eigenvalue weighted by atomic mass is 10.1. The maximum absolute atomic E-state index is 12.8. The minimum atomic E-state index is -3.72. The molecule has 0 unspecified atom stereocenters. The van der Waals surface area contributed by atoms with E-state index in [4.69, 9.17) is 4.74 Å². The number of hydrogen-bond donors (Lipinski definition) is 1. The van der Waals surface area contributed by atoms with Crippen molar-refractivity contribution in [3.8, 4) is 5.75 Å². The molecule has 0 aromatic heterocycles. The number of amides is 1. The van der Waals surface area contributed by atoms with E-state index >= 15 is 0 Å². The van der Waals surface area contributed by atoms with E-state index < -0.39 is 10.0 Å². The molecule has 1 heterocycles. The number of carbonyl (C=O) groups is 1. The van der Waals surface area contributed by atoms with Crippen molar-refractivity contribution in [1.82, 2.24) is 4.90 Å². The second kappa shape index (κ2) is 10.4. The lowest BCUT2D eigenvalue weighted by Gasteiger charge is -2.37. The van der Waals surface area contributed by atoms with Gasteiger partial charge in [-0.2, -0.15) is 0 Å². The summed E-state index contributed by atoms with van der Waals surface area (Å²) in [5.74, 6) is 0.415. The number of para-hydroxylation sites is 1. The van der Waals surface area contributed by atoms with Crippen LogP contribution in [0.25, 0.3) is 0 Å². The normalized spacial score (nSPS) is 14.0. The second-order valence-corrected chi connectivity index (χ2v) is 10.5. The first-order chi connectivity index (χ1) is 16.7. The molecule has 0 spiro atoms. The average molecular weight is 494 g/mol. The van der Waals surface area contributed by atoms with Gasteiger partial charge in [-0.3, -0.25) is 9.52 Å². The van der Waals surface area contributed by atoms with Crippen molar-refractivity contribution in [2.45, 2.75) is 25.7 Å². The van der Waals surface area contributed by atoms with Gasteiger partial charge in [-0.25, -0.2) is 8.42 Å². The third kappa shape index (κ3) is 5.77. The van der Waals surface area contributed by atoms with Gasteiger partial charge in [0.05, 0.1) is 4.90 Å². The smallest absolute Gasteiger partial charge is 0.261 e. The quantitative estimate of drug-likeness (QED) is 0.535. The van der Waals surface area contributed by atoms with Gasteiger partial charge in [0, 0.05) is 37.6 Å². The molecule has 35 heavy (non-hydrogen) atoms. The van der Waals surface area contributed by atoms with E-state index in [0.717, 1.165) is 13.1 Å². The van der Waals surface area contributed by atoms with Crippen molar-refractivity contribution in [1.29, 1.82) is 0 Å². The summed E-state index contributed by atoms with van der Waals surface area (Å²) in [5.41, 5.74) is 4.90. The zero-order valence-corrected chi connectivity index (χ0v) is 21.1. The molecule has 0 bridgehead atoms. The summed E-state index contributed by atoms with van der Waals surface area (Å²) in [6, 6.07) is 19.7. The van der Waals surface area contributed by atoms with Gasteiger partial charge in [-0.15, -0.1) is 0 Å². The van der Waals surface area contributed by atoms with Crippen molar-refractivity contribution in [3.63, 3.8) is 0 Å². The van der Waals surface area contributed by atoms with E-state index in [9.17, 15) is 13.2 Å². The number of sulfonamides is 1. The monoisotopic (exact) mass is 493 g/mol. The van der Waals surface area contributed by atoms with Crippen LogP contribution in [-0.4, -0.2) is 52.0 Å². The van der Waals surface area contributed by atoms with Gasteiger partial charge in [-0.1, -0.05) is 30.3 Å². The van der Waals surface area contributed by atoms with Crippen LogP contribution in [0.4, 0.5) is 11.4 Å². The molecule has 3 aromatic rings. The van der Waals surface area contributed by atoms with Crippen molar-refractivity contribution in [2.24, 2.45) is 0 Å².